The van der Waals surface area contributed by atoms with Crippen molar-refractivity contribution in [3.63, 3.8) is 0 Å². The number of piperidine rings is 1. The lowest BCUT2D eigenvalue weighted by Gasteiger charge is -2.34. The predicted molar refractivity (Wildman–Crippen MR) is 70.5 cm³/mol. The van der Waals surface area contributed by atoms with Crippen LogP contribution in [0.2, 0.25) is 0 Å². The fraction of sp³-hybridized carbons (Fsp3) is 0.583. The summed E-state index contributed by atoms with van der Waals surface area (Å²) >= 11 is 0. The van der Waals surface area contributed by atoms with Gasteiger partial charge in [-0.15, -0.1) is 0 Å². The van der Waals surface area contributed by atoms with Crippen molar-refractivity contribution in [3.8, 4) is 0 Å². The third-order valence-electron chi connectivity index (χ3n) is 3.51. The number of likely N-dealkylation sites (tertiary alicyclic amines) is 1. The summed E-state index contributed by atoms with van der Waals surface area (Å²) in [4.78, 5) is 25.9. The number of carbonyl (C=O) groups is 2. The number of aryl methyl sites for hydroxylation is 1. The van der Waals surface area contributed by atoms with Gasteiger partial charge in [0, 0.05) is 13.6 Å². The average molecular weight is 265 g/mol. The molecule has 0 spiro atoms. The number of likely N-dealkylation sites (N-methyl/N-ethyl adjacent to an activating group) is 1. The molecule has 0 aromatic carbocycles. The van der Waals surface area contributed by atoms with Crippen molar-refractivity contribution in [1.82, 2.24) is 20.4 Å². The first-order valence-electron chi connectivity index (χ1n) is 6.39. The summed E-state index contributed by atoms with van der Waals surface area (Å²) in [6.07, 6.45) is 2.51. The Balaban J connectivity index is 2.25. The second-order valence-electron chi connectivity index (χ2n) is 4.74. The maximum absolute atomic E-state index is 12.4. The minimum absolute atomic E-state index is 0.140. The van der Waals surface area contributed by atoms with Crippen molar-refractivity contribution >= 4 is 17.5 Å². The van der Waals surface area contributed by atoms with E-state index in [-0.39, 0.29) is 17.5 Å². The van der Waals surface area contributed by atoms with Crippen LogP contribution in [0.15, 0.2) is 0 Å². The Hall–Kier alpha value is -2.05. The van der Waals surface area contributed by atoms with Crippen LogP contribution < -0.4 is 11.1 Å². The van der Waals surface area contributed by atoms with Crippen LogP contribution in [0, 0.1) is 6.92 Å². The van der Waals surface area contributed by atoms with Gasteiger partial charge in [-0.05, 0) is 26.2 Å². The zero-order chi connectivity index (χ0) is 14.0. The number of anilines is 1. The Kier molecular flexibility index (Phi) is 3.73. The maximum Gasteiger partial charge on any atom is 0.277 e. The van der Waals surface area contributed by atoms with Crippen LogP contribution in [-0.2, 0) is 4.79 Å². The van der Waals surface area contributed by atoms with E-state index in [4.69, 9.17) is 5.73 Å². The Labute approximate surface area is 111 Å². The number of aromatic nitrogens is 2. The lowest BCUT2D eigenvalue weighted by Crippen LogP contribution is -2.51. The average Bonchev–Trinajstić information content (AvgIpc) is 2.77. The first-order valence-corrected chi connectivity index (χ1v) is 6.39. The molecular formula is C12H19N5O2. The van der Waals surface area contributed by atoms with E-state index in [1.54, 1.807) is 18.9 Å². The summed E-state index contributed by atoms with van der Waals surface area (Å²) in [7, 11) is 1.58. The minimum Gasteiger partial charge on any atom is -0.395 e. The number of H-pyrrole nitrogens is 1. The Bertz CT molecular complexity index is 496. The summed E-state index contributed by atoms with van der Waals surface area (Å²) in [6.45, 7) is 2.31. The van der Waals surface area contributed by atoms with E-state index in [1.807, 2.05) is 0 Å². The Morgan fingerprint density at radius 3 is 2.79 bits per heavy atom. The SMILES string of the molecule is CNC(=O)C1CCCCN1C(=O)c1n[nH]c(C)c1N. The fourth-order valence-corrected chi connectivity index (χ4v) is 2.35. The van der Waals surface area contributed by atoms with Gasteiger partial charge < -0.3 is 16.0 Å². The van der Waals surface area contributed by atoms with Gasteiger partial charge in [0.25, 0.3) is 5.91 Å². The van der Waals surface area contributed by atoms with Gasteiger partial charge in [-0.2, -0.15) is 5.10 Å². The molecule has 1 unspecified atom stereocenters. The number of nitrogens with two attached hydrogens (primary N) is 1. The molecule has 2 amide bonds. The zero-order valence-corrected chi connectivity index (χ0v) is 11.2. The van der Waals surface area contributed by atoms with Crippen molar-refractivity contribution in [2.45, 2.75) is 32.2 Å². The number of hydrogen-bond donors (Lipinski definition) is 3. The second kappa shape index (κ2) is 5.29. The molecule has 2 rings (SSSR count). The Morgan fingerprint density at radius 2 is 2.21 bits per heavy atom. The molecule has 4 N–H and O–H groups in total. The monoisotopic (exact) mass is 265 g/mol. The van der Waals surface area contributed by atoms with Gasteiger partial charge in [0.15, 0.2) is 5.69 Å². The summed E-state index contributed by atoms with van der Waals surface area (Å²) in [5.74, 6) is -0.422. The van der Waals surface area contributed by atoms with Gasteiger partial charge in [-0.1, -0.05) is 0 Å². The summed E-state index contributed by atoms with van der Waals surface area (Å²) in [5.41, 5.74) is 7.04. The van der Waals surface area contributed by atoms with Gasteiger partial charge in [-0.25, -0.2) is 0 Å². The van der Waals surface area contributed by atoms with Crippen LogP contribution in [0.25, 0.3) is 0 Å². The highest BCUT2D eigenvalue weighted by Gasteiger charge is 2.33. The summed E-state index contributed by atoms with van der Waals surface area (Å²) < 4.78 is 0. The molecule has 1 aliphatic rings. The van der Waals surface area contributed by atoms with Gasteiger partial charge in [0.05, 0.1) is 11.4 Å². The molecule has 0 aliphatic carbocycles. The topological polar surface area (TPSA) is 104 Å². The minimum atomic E-state index is -0.428. The number of amides is 2. The molecule has 7 nitrogen and oxygen atoms in total. The van der Waals surface area contributed by atoms with E-state index in [2.05, 4.69) is 15.5 Å². The molecule has 1 aliphatic heterocycles. The van der Waals surface area contributed by atoms with Crippen molar-refractivity contribution < 1.29 is 9.59 Å². The van der Waals surface area contributed by atoms with Crippen molar-refractivity contribution in [2.24, 2.45) is 0 Å². The molecule has 2 heterocycles. The number of hydrogen-bond acceptors (Lipinski definition) is 4. The third kappa shape index (κ3) is 2.40. The van der Waals surface area contributed by atoms with Crippen LogP contribution in [0.3, 0.4) is 0 Å². The number of aromatic amines is 1. The third-order valence-corrected chi connectivity index (χ3v) is 3.51. The molecule has 1 saturated heterocycles. The molecule has 19 heavy (non-hydrogen) atoms. The van der Waals surface area contributed by atoms with Gasteiger partial charge in [0.1, 0.15) is 6.04 Å². The summed E-state index contributed by atoms with van der Waals surface area (Å²) in [5, 5.41) is 9.23. The normalized spacial score (nSPS) is 19.3. The van der Waals surface area contributed by atoms with E-state index >= 15 is 0 Å². The first kappa shape index (κ1) is 13.4. The fourth-order valence-electron chi connectivity index (χ4n) is 2.35. The molecule has 1 fully saturated rings. The maximum atomic E-state index is 12.4. The first-order chi connectivity index (χ1) is 9.06. The lowest BCUT2D eigenvalue weighted by atomic mass is 10.0. The number of carbonyl (C=O) groups excluding carboxylic acids is 2. The van der Waals surface area contributed by atoms with E-state index in [0.29, 0.717) is 24.3 Å². The van der Waals surface area contributed by atoms with Crippen LogP contribution in [0.1, 0.15) is 35.4 Å². The van der Waals surface area contributed by atoms with Crippen LogP contribution in [0.4, 0.5) is 5.69 Å². The number of nitrogens with zero attached hydrogens (tertiary/aromatic N) is 2. The molecule has 1 aromatic rings. The molecule has 0 saturated carbocycles. The highest BCUT2D eigenvalue weighted by molar-refractivity contribution is 6.00. The van der Waals surface area contributed by atoms with Crippen molar-refractivity contribution in [3.05, 3.63) is 11.4 Å². The predicted octanol–water partition coefficient (Wildman–Crippen LogP) is 0.0410. The number of nitrogens with one attached hydrogen (secondary N) is 2. The highest BCUT2D eigenvalue weighted by atomic mass is 16.2. The highest BCUT2D eigenvalue weighted by Crippen LogP contribution is 2.22. The van der Waals surface area contributed by atoms with Gasteiger partial charge >= 0.3 is 0 Å². The van der Waals surface area contributed by atoms with E-state index in [1.165, 1.54) is 0 Å². The molecule has 1 atom stereocenters. The van der Waals surface area contributed by atoms with Gasteiger partial charge in [-0.3, -0.25) is 14.7 Å². The lowest BCUT2D eigenvalue weighted by molar-refractivity contribution is -0.126. The molecule has 0 radical (unpaired) electrons. The molecule has 7 heteroatoms. The molecule has 1 aromatic heterocycles. The van der Waals surface area contributed by atoms with Crippen molar-refractivity contribution in [2.75, 3.05) is 19.3 Å². The zero-order valence-electron chi connectivity index (χ0n) is 11.2. The quantitative estimate of drug-likeness (QED) is 0.702. The number of nitrogen functional groups attached to an aromatic ring is 1. The van der Waals surface area contributed by atoms with Gasteiger partial charge in [0.2, 0.25) is 5.91 Å². The van der Waals surface area contributed by atoms with Crippen molar-refractivity contribution in [1.29, 1.82) is 0 Å². The Morgan fingerprint density at radius 1 is 1.47 bits per heavy atom. The molecular weight excluding hydrogens is 246 g/mol. The smallest absolute Gasteiger partial charge is 0.277 e. The van der Waals surface area contributed by atoms with Crippen LogP contribution in [-0.4, -0.2) is 46.5 Å². The summed E-state index contributed by atoms with van der Waals surface area (Å²) in [6, 6.07) is -0.428. The largest absolute Gasteiger partial charge is 0.395 e. The second-order valence-corrected chi connectivity index (χ2v) is 4.74. The molecule has 0 bridgehead atoms. The van der Waals surface area contributed by atoms with E-state index in [0.717, 1.165) is 12.8 Å². The number of rotatable bonds is 2. The van der Waals surface area contributed by atoms with E-state index in [9.17, 15) is 9.59 Å². The van der Waals surface area contributed by atoms with Crippen LogP contribution in [0.5, 0.6) is 0 Å². The van der Waals surface area contributed by atoms with Crippen LogP contribution >= 0.6 is 0 Å². The molecule has 104 valence electrons. The van der Waals surface area contributed by atoms with E-state index < -0.39 is 6.04 Å². The standard InChI is InChI=1S/C12H19N5O2/c1-7-9(13)10(16-15-7)12(19)17-6-4-3-5-8(17)11(18)14-2/h8H,3-6,13H2,1-2H3,(H,14,18)(H,15,16).